The van der Waals surface area contributed by atoms with E-state index >= 15 is 0 Å². The number of ether oxygens (including phenoxy) is 2. The predicted molar refractivity (Wildman–Crippen MR) is 81.4 cm³/mol. The first-order valence-corrected chi connectivity index (χ1v) is 6.23. The Labute approximate surface area is 126 Å². The molecule has 0 aliphatic carbocycles. The lowest BCUT2D eigenvalue weighted by Gasteiger charge is -2.21. The number of carbonyl (C=O) groups excluding carboxylic acids is 1. The van der Waals surface area contributed by atoms with E-state index in [1.54, 1.807) is 11.9 Å². The number of nitrogens with zero attached hydrogens (tertiary/aromatic N) is 1. The van der Waals surface area contributed by atoms with Gasteiger partial charge in [-0.05, 0) is 24.6 Å². The van der Waals surface area contributed by atoms with E-state index in [1.165, 1.54) is 7.11 Å². The molecule has 0 saturated carbocycles. The topological polar surface area (TPSA) is 64.8 Å². The summed E-state index contributed by atoms with van der Waals surface area (Å²) in [5, 5.41) is 0. The van der Waals surface area contributed by atoms with Crippen molar-refractivity contribution in [3.63, 3.8) is 0 Å². The maximum absolute atomic E-state index is 11.8. The van der Waals surface area contributed by atoms with Crippen molar-refractivity contribution in [3.8, 4) is 5.75 Å². The minimum absolute atomic E-state index is 0. The highest BCUT2D eigenvalue weighted by atomic mass is 35.5. The molecule has 0 radical (unpaired) electrons. The molecule has 1 aromatic carbocycles. The molecule has 0 aliphatic rings. The fourth-order valence-electron chi connectivity index (χ4n) is 1.65. The van der Waals surface area contributed by atoms with Gasteiger partial charge in [0, 0.05) is 14.2 Å². The monoisotopic (exact) mass is 302 g/mol. The number of carbonyl (C=O) groups is 1. The smallest absolute Gasteiger partial charge is 0.241 e. The van der Waals surface area contributed by atoms with E-state index in [0.29, 0.717) is 13.2 Å². The van der Waals surface area contributed by atoms with E-state index in [-0.39, 0.29) is 24.9 Å². The number of benzene rings is 1. The number of aryl methyl sites for hydroxylation is 1. The van der Waals surface area contributed by atoms with Gasteiger partial charge in [-0.2, -0.15) is 0 Å². The van der Waals surface area contributed by atoms with Gasteiger partial charge in [-0.25, -0.2) is 0 Å². The molecule has 0 saturated heterocycles. The Kier molecular flexibility index (Phi) is 8.96. The van der Waals surface area contributed by atoms with Crippen LogP contribution >= 0.6 is 12.4 Å². The van der Waals surface area contributed by atoms with Crippen LogP contribution in [0.1, 0.15) is 5.56 Å². The van der Waals surface area contributed by atoms with Crippen molar-refractivity contribution in [2.75, 3.05) is 33.9 Å². The van der Waals surface area contributed by atoms with Crippen molar-refractivity contribution >= 4 is 18.3 Å². The number of amides is 1. The molecule has 114 valence electrons. The highest BCUT2D eigenvalue weighted by molar-refractivity contribution is 5.85. The second-order valence-electron chi connectivity index (χ2n) is 4.49. The van der Waals surface area contributed by atoms with Crippen LogP contribution in [0.3, 0.4) is 0 Å². The number of nitrogens with two attached hydrogens (primary N) is 1. The molecule has 1 rings (SSSR count). The molecule has 2 N–H and O–H groups in total. The van der Waals surface area contributed by atoms with Gasteiger partial charge >= 0.3 is 0 Å². The number of hydrogen-bond acceptors (Lipinski definition) is 4. The van der Waals surface area contributed by atoms with Crippen molar-refractivity contribution in [3.05, 3.63) is 29.8 Å². The number of rotatable bonds is 7. The third-order valence-corrected chi connectivity index (χ3v) is 2.72. The van der Waals surface area contributed by atoms with Crippen LogP contribution in [0.2, 0.25) is 0 Å². The van der Waals surface area contributed by atoms with Crippen molar-refractivity contribution in [2.45, 2.75) is 13.0 Å². The normalized spacial score (nSPS) is 11.4. The SMILES string of the molecule is COCC(N)C(=O)N(C)CCOc1cccc(C)c1.Cl. The lowest BCUT2D eigenvalue weighted by Crippen LogP contribution is -2.45. The molecule has 1 atom stereocenters. The van der Waals surface area contributed by atoms with E-state index in [1.807, 2.05) is 31.2 Å². The Bertz CT molecular complexity index is 415. The van der Waals surface area contributed by atoms with Crippen LogP contribution in [0.4, 0.5) is 0 Å². The van der Waals surface area contributed by atoms with Crippen molar-refractivity contribution in [1.82, 2.24) is 4.90 Å². The van der Waals surface area contributed by atoms with Gasteiger partial charge in [0.1, 0.15) is 18.4 Å². The Morgan fingerprint density at radius 2 is 2.15 bits per heavy atom. The Balaban J connectivity index is 0.00000361. The van der Waals surface area contributed by atoms with Gasteiger partial charge in [0.25, 0.3) is 0 Å². The molecular formula is C14H23ClN2O3. The van der Waals surface area contributed by atoms with Crippen LogP contribution in [-0.4, -0.2) is 50.8 Å². The van der Waals surface area contributed by atoms with Crippen LogP contribution in [0.25, 0.3) is 0 Å². The molecule has 6 heteroatoms. The molecule has 0 aromatic heterocycles. The van der Waals surface area contributed by atoms with Gasteiger partial charge in [-0.3, -0.25) is 4.79 Å². The summed E-state index contributed by atoms with van der Waals surface area (Å²) in [5.74, 6) is 0.664. The second kappa shape index (κ2) is 9.58. The third-order valence-electron chi connectivity index (χ3n) is 2.72. The lowest BCUT2D eigenvalue weighted by atomic mass is 10.2. The fraction of sp³-hybridized carbons (Fsp3) is 0.500. The molecule has 1 aromatic rings. The number of likely N-dealkylation sites (N-methyl/N-ethyl adjacent to an activating group) is 1. The van der Waals surface area contributed by atoms with E-state index in [0.717, 1.165) is 11.3 Å². The molecule has 0 bridgehead atoms. The Morgan fingerprint density at radius 3 is 2.75 bits per heavy atom. The average Bonchev–Trinajstić information content (AvgIpc) is 2.38. The summed E-state index contributed by atoms with van der Waals surface area (Å²) in [5.41, 5.74) is 6.82. The summed E-state index contributed by atoms with van der Waals surface area (Å²) >= 11 is 0. The van der Waals surface area contributed by atoms with E-state index in [9.17, 15) is 4.79 Å². The third kappa shape index (κ3) is 6.23. The number of hydrogen-bond donors (Lipinski definition) is 1. The molecule has 1 amide bonds. The molecule has 0 aliphatic heterocycles. The van der Waals surface area contributed by atoms with E-state index in [2.05, 4.69) is 0 Å². The zero-order valence-electron chi connectivity index (χ0n) is 12.2. The van der Waals surface area contributed by atoms with E-state index < -0.39 is 6.04 Å². The predicted octanol–water partition coefficient (Wildman–Crippen LogP) is 1.23. The van der Waals surface area contributed by atoms with Crippen molar-refractivity contribution in [2.24, 2.45) is 5.73 Å². The first-order chi connectivity index (χ1) is 9.04. The minimum Gasteiger partial charge on any atom is -0.492 e. The summed E-state index contributed by atoms with van der Waals surface area (Å²) in [6.45, 7) is 3.16. The molecule has 1 unspecified atom stereocenters. The quantitative estimate of drug-likeness (QED) is 0.823. The second-order valence-corrected chi connectivity index (χ2v) is 4.49. The largest absolute Gasteiger partial charge is 0.492 e. The summed E-state index contributed by atoms with van der Waals surface area (Å²) in [6, 6.07) is 7.18. The van der Waals surface area contributed by atoms with Crippen LogP contribution in [0.15, 0.2) is 24.3 Å². The molecule has 0 fully saturated rings. The highest BCUT2D eigenvalue weighted by Crippen LogP contribution is 2.12. The zero-order valence-corrected chi connectivity index (χ0v) is 13.0. The van der Waals surface area contributed by atoms with Crippen LogP contribution in [-0.2, 0) is 9.53 Å². The summed E-state index contributed by atoms with van der Waals surface area (Å²) < 4.78 is 10.4. The number of methoxy groups -OCH3 is 1. The fourth-order valence-corrected chi connectivity index (χ4v) is 1.65. The minimum atomic E-state index is -0.617. The first-order valence-electron chi connectivity index (χ1n) is 6.23. The van der Waals surface area contributed by atoms with Gasteiger partial charge in [-0.1, -0.05) is 12.1 Å². The van der Waals surface area contributed by atoms with Gasteiger partial charge in [0.2, 0.25) is 5.91 Å². The van der Waals surface area contributed by atoms with Crippen molar-refractivity contribution < 1.29 is 14.3 Å². The maximum Gasteiger partial charge on any atom is 0.241 e. The molecule has 0 spiro atoms. The van der Waals surface area contributed by atoms with Crippen LogP contribution in [0.5, 0.6) is 5.75 Å². The Morgan fingerprint density at radius 1 is 1.45 bits per heavy atom. The van der Waals surface area contributed by atoms with Gasteiger partial charge in [0.05, 0.1) is 13.2 Å². The van der Waals surface area contributed by atoms with Crippen molar-refractivity contribution in [1.29, 1.82) is 0 Å². The zero-order chi connectivity index (χ0) is 14.3. The first kappa shape index (κ1) is 18.7. The lowest BCUT2D eigenvalue weighted by molar-refractivity contribution is -0.132. The standard InChI is InChI=1S/C14H22N2O3.ClH/c1-11-5-4-6-12(9-11)19-8-7-16(2)14(17)13(15)10-18-3;/h4-6,9,13H,7-8,10,15H2,1-3H3;1H. The Hall–Kier alpha value is -1.30. The van der Waals surface area contributed by atoms with E-state index in [4.69, 9.17) is 15.2 Å². The molecular weight excluding hydrogens is 280 g/mol. The number of halogens is 1. The highest BCUT2D eigenvalue weighted by Gasteiger charge is 2.17. The van der Waals surface area contributed by atoms with Gasteiger partial charge in [0.15, 0.2) is 0 Å². The van der Waals surface area contributed by atoms with Crippen LogP contribution in [0, 0.1) is 6.92 Å². The molecule has 5 nitrogen and oxygen atoms in total. The summed E-state index contributed by atoms with van der Waals surface area (Å²) in [7, 11) is 3.23. The maximum atomic E-state index is 11.8. The summed E-state index contributed by atoms with van der Waals surface area (Å²) in [4.78, 5) is 13.3. The van der Waals surface area contributed by atoms with Gasteiger partial charge < -0.3 is 20.1 Å². The van der Waals surface area contributed by atoms with Crippen LogP contribution < -0.4 is 10.5 Å². The van der Waals surface area contributed by atoms with Gasteiger partial charge in [-0.15, -0.1) is 12.4 Å². The molecule has 20 heavy (non-hydrogen) atoms. The molecule has 0 heterocycles. The summed E-state index contributed by atoms with van der Waals surface area (Å²) in [6.07, 6.45) is 0. The average molecular weight is 303 g/mol.